The van der Waals surface area contributed by atoms with E-state index in [4.69, 9.17) is 19.4 Å². The van der Waals surface area contributed by atoms with Crippen LogP contribution in [0.15, 0.2) is 66.0 Å². The highest BCUT2D eigenvalue weighted by molar-refractivity contribution is 6.02. The molecular formula is C48H58N9O6+. The Morgan fingerprint density at radius 3 is 2.22 bits per heavy atom. The van der Waals surface area contributed by atoms with Gasteiger partial charge in [-0.15, -0.1) is 0 Å². The highest BCUT2D eigenvalue weighted by atomic mass is 16.5. The number of allylic oxidation sites excluding steroid dienone is 2. The van der Waals surface area contributed by atoms with Crippen LogP contribution in [0.4, 0.5) is 9.59 Å². The van der Waals surface area contributed by atoms with E-state index in [2.05, 4.69) is 87.7 Å². The van der Waals surface area contributed by atoms with Crippen LogP contribution in [0, 0.1) is 25.7 Å². The number of benzene rings is 2. The maximum atomic E-state index is 13.9. The Hall–Kier alpha value is -6.51. The number of nitrogens with zero attached hydrogens (tertiary/aromatic N) is 5. The van der Waals surface area contributed by atoms with Crippen molar-refractivity contribution in [1.29, 1.82) is 0 Å². The fraction of sp³-hybridized carbons (Fsp3) is 0.438. The van der Waals surface area contributed by atoms with Gasteiger partial charge in [-0.2, -0.15) is 0 Å². The van der Waals surface area contributed by atoms with E-state index in [1.54, 1.807) is 0 Å². The number of aryl methyl sites for hydroxylation is 1. The van der Waals surface area contributed by atoms with Gasteiger partial charge in [0.2, 0.25) is 5.91 Å². The Morgan fingerprint density at radius 2 is 1.54 bits per heavy atom. The van der Waals surface area contributed by atoms with Crippen molar-refractivity contribution in [3.05, 3.63) is 90.1 Å². The molecule has 0 radical (unpaired) electrons. The predicted molar refractivity (Wildman–Crippen MR) is 242 cm³/mol. The molecule has 0 aliphatic carbocycles. The zero-order valence-corrected chi connectivity index (χ0v) is 37.2. The minimum absolute atomic E-state index is 0.117. The van der Waals surface area contributed by atoms with Crippen LogP contribution in [0.1, 0.15) is 89.5 Å². The zero-order chi connectivity index (χ0) is 44.7. The standard InChI is InChI=1S/C48H57N9O6/c1-9-29-15-18-34(51-43(29)38-12-10-20-55(38)45(58)41(26(2)3)53-47(60)62-7)31-14-17-33-35(23-31)50-28(6)57-37-19-16-30(22-32(37)24-40(33)57)36-25-49-44(52-36)39-13-11-21-56(39)46(59)42(27(4)5)54-48(61)63-8/h14,16-19,22-27,38-39,41-42,51H,2,9-13,15,20-21H2,1,3-8H3,(H2-,49,52,53,54,60,61)/p+1. The number of carbonyl (C=O) groups excluding carboxylic acids is 4. The van der Waals surface area contributed by atoms with Gasteiger partial charge in [0, 0.05) is 40.8 Å². The molecule has 0 bridgehead atoms. The van der Waals surface area contributed by atoms with Crippen LogP contribution >= 0.6 is 0 Å². The lowest BCUT2D eigenvalue weighted by Crippen LogP contribution is -2.53. The third-order valence-electron chi connectivity index (χ3n) is 12.9. The molecule has 15 heteroatoms. The SMILES string of the molecule is [CH2+]C(C)C(NC(=O)OC)C(=O)N1CCCC1C1=C(CC)CC=C(c2ccc3c(c2)nc(C)n2c4ccc(-c5cnc(C6CCCN6C(=O)C(NC(=O)OC)C(C)C)[nH]5)cc4cc32)N1. The van der Waals surface area contributed by atoms with Gasteiger partial charge in [-0.1, -0.05) is 45.0 Å². The molecule has 3 aliphatic heterocycles. The van der Waals surface area contributed by atoms with Crippen LogP contribution in [0.5, 0.6) is 0 Å². The Morgan fingerprint density at radius 1 is 0.873 bits per heavy atom. The minimum atomic E-state index is -0.793. The topological polar surface area (TPSA) is 175 Å². The first kappa shape index (κ1) is 43.2. The number of dihydropyridines is 1. The fourth-order valence-corrected chi connectivity index (χ4v) is 9.61. The molecule has 4 amide bonds. The van der Waals surface area contributed by atoms with Crippen molar-refractivity contribution in [1.82, 2.24) is 45.1 Å². The number of amides is 4. The van der Waals surface area contributed by atoms with Gasteiger partial charge in [0.25, 0.3) is 5.91 Å². The summed E-state index contributed by atoms with van der Waals surface area (Å²) in [5, 5.41) is 11.3. The van der Waals surface area contributed by atoms with Gasteiger partial charge in [-0.3, -0.25) is 14.0 Å². The summed E-state index contributed by atoms with van der Waals surface area (Å²) in [7, 11) is 2.58. The maximum absolute atomic E-state index is 13.9. The number of nitrogens with one attached hydrogen (secondary N) is 4. The van der Waals surface area contributed by atoms with Gasteiger partial charge in [0.15, 0.2) is 6.04 Å². The van der Waals surface area contributed by atoms with Crippen LogP contribution < -0.4 is 16.0 Å². The number of rotatable bonds is 11. The van der Waals surface area contributed by atoms with Crippen molar-refractivity contribution < 1.29 is 28.7 Å². The summed E-state index contributed by atoms with van der Waals surface area (Å²) in [6.07, 6.45) is 7.67. The molecule has 2 saturated heterocycles. The number of hydrogen-bond acceptors (Lipinski definition) is 9. The molecule has 0 spiro atoms. The van der Waals surface area contributed by atoms with Gasteiger partial charge in [0.05, 0.1) is 61.7 Å². The fourth-order valence-electron chi connectivity index (χ4n) is 9.61. The third-order valence-corrected chi connectivity index (χ3v) is 12.9. The number of carbonyl (C=O) groups is 4. The lowest BCUT2D eigenvalue weighted by molar-refractivity contribution is -0.135. The molecule has 8 rings (SSSR count). The number of methoxy groups -OCH3 is 2. The van der Waals surface area contributed by atoms with Crippen LogP contribution in [0.3, 0.4) is 0 Å². The Bertz CT molecular complexity index is 2660. The number of aromatic nitrogens is 4. The maximum Gasteiger partial charge on any atom is 0.407 e. The van der Waals surface area contributed by atoms with Crippen molar-refractivity contribution in [3.8, 4) is 11.3 Å². The first-order valence-electron chi connectivity index (χ1n) is 22.0. The van der Waals surface area contributed by atoms with Crippen molar-refractivity contribution in [3.63, 3.8) is 0 Å². The van der Waals surface area contributed by atoms with E-state index in [0.717, 1.165) is 106 Å². The summed E-state index contributed by atoms with van der Waals surface area (Å²) in [4.78, 5) is 69.0. The average Bonchev–Trinajstić information content (AvgIpc) is 4.12. The molecule has 3 aliphatic rings. The van der Waals surface area contributed by atoms with Crippen LogP contribution in [0.2, 0.25) is 0 Å². The van der Waals surface area contributed by atoms with E-state index < -0.39 is 24.3 Å². The molecule has 330 valence electrons. The molecule has 5 aromatic rings. The number of imidazole rings is 1. The molecule has 15 nitrogen and oxygen atoms in total. The van der Waals surface area contributed by atoms with Crippen LogP contribution in [-0.4, -0.2) is 98.6 Å². The minimum Gasteiger partial charge on any atom is -0.453 e. The van der Waals surface area contributed by atoms with Crippen molar-refractivity contribution in [2.24, 2.45) is 11.8 Å². The molecule has 5 unspecified atom stereocenters. The van der Waals surface area contributed by atoms with Gasteiger partial charge >= 0.3 is 12.2 Å². The normalized spacial score (nSPS) is 19.3. The molecule has 3 aromatic heterocycles. The Balaban J connectivity index is 1.04. The van der Waals surface area contributed by atoms with E-state index >= 15 is 0 Å². The second-order valence-electron chi connectivity index (χ2n) is 17.4. The first-order valence-corrected chi connectivity index (χ1v) is 22.0. The van der Waals surface area contributed by atoms with Crippen LogP contribution in [0.25, 0.3) is 44.3 Å². The highest BCUT2D eigenvalue weighted by Gasteiger charge is 2.41. The summed E-state index contributed by atoms with van der Waals surface area (Å²) >= 11 is 0. The second-order valence-corrected chi connectivity index (χ2v) is 17.4. The summed E-state index contributed by atoms with van der Waals surface area (Å²) < 4.78 is 11.8. The van der Waals surface area contributed by atoms with Gasteiger partial charge in [-0.05, 0) is 93.7 Å². The van der Waals surface area contributed by atoms with Crippen LogP contribution in [-0.2, 0) is 19.1 Å². The molecule has 63 heavy (non-hydrogen) atoms. The van der Waals surface area contributed by atoms with Gasteiger partial charge in [0.1, 0.15) is 23.6 Å². The van der Waals surface area contributed by atoms with Crippen molar-refractivity contribution in [2.45, 2.75) is 97.3 Å². The molecule has 2 fully saturated rings. The van der Waals surface area contributed by atoms with E-state index in [0.29, 0.717) is 13.1 Å². The number of alkyl carbamates (subject to hydrolysis) is 2. The molecule has 0 saturated carbocycles. The number of aromatic amines is 1. The number of hydrogen-bond donors (Lipinski definition) is 4. The molecule has 2 aromatic carbocycles. The van der Waals surface area contributed by atoms with E-state index in [1.807, 2.05) is 43.7 Å². The van der Waals surface area contributed by atoms with E-state index in [9.17, 15) is 19.2 Å². The lowest BCUT2D eigenvalue weighted by atomic mass is 9.94. The number of fused-ring (bicyclic) bond motifs is 5. The third kappa shape index (κ3) is 8.16. The summed E-state index contributed by atoms with van der Waals surface area (Å²) in [5.74, 6) is 0.814. The van der Waals surface area contributed by atoms with Crippen molar-refractivity contribution >= 4 is 57.0 Å². The first-order chi connectivity index (χ1) is 30.3. The number of ether oxygens (including phenoxy) is 2. The quantitative estimate of drug-likeness (QED) is 0.0977. The summed E-state index contributed by atoms with van der Waals surface area (Å²) in [6.45, 7) is 15.1. The average molecular weight is 857 g/mol. The smallest absolute Gasteiger partial charge is 0.407 e. The molecular weight excluding hydrogens is 799 g/mol. The molecule has 6 heterocycles. The predicted octanol–water partition coefficient (Wildman–Crippen LogP) is 7.57. The Labute approximate surface area is 367 Å². The monoisotopic (exact) mass is 856 g/mol. The van der Waals surface area contributed by atoms with E-state index in [1.165, 1.54) is 19.8 Å². The second kappa shape index (κ2) is 17.7. The van der Waals surface area contributed by atoms with Gasteiger partial charge < -0.3 is 40.2 Å². The largest absolute Gasteiger partial charge is 0.453 e. The summed E-state index contributed by atoms with van der Waals surface area (Å²) in [5.41, 5.74) is 9.09. The molecule has 5 atom stereocenters. The lowest BCUT2D eigenvalue weighted by Gasteiger charge is -2.34. The highest BCUT2D eigenvalue weighted by Crippen LogP contribution is 2.37. The Kier molecular flexibility index (Phi) is 12.1. The van der Waals surface area contributed by atoms with Gasteiger partial charge in [-0.25, -0.2) is 19.6 Å². The number of likely N-dealkylation sites (tertiary alicyclic amines) is 2. The van der Waals surface area contributed by atoms with E-state index in [-0.39, 0.29) is 35.7 Å². The zero-order valence-electron chi connectivity index (χ0n) is 37.2. The summed E-state index contributed by atoms with van der Waals surface area (Å²) in [6, 6.07) is 13.1. The van der Waals surface area contributed by atoms with Crippen molar-refractivity contribution in [2.75, 3.05) is 27.3 Å². The molecule has 4 N–H and O–H groups in total. The number of H-pyrrole nitrogens is 1.